The van der Waals surface area contributed by atoms with Crippen molar-refractivity contribution in [3.63, 3.8) is 0 Å². The molecule has 0 aromatic carbocycles. The van der Waals surface area contributed by atoms with Crippen molar-refractivity contribution < 1.29 is 96.1 Å². The van der Waals surface area contributed by atoms with Gasteiger partial charge in [0, 0.05) is 122 Å². The summed E-state index contributed by atoms with van der Waals surface area (Å²) in [4.78, 5) is 169. The molecule has 5 aromatic heterocycles. The number of aromatic amines is 4. The number of phosphoric ester groups is 1. The highest BCUT2D eigenvalue weighted by Gasteiger charge is 2.41. The molecule has 6 fully saturated rings. The van der Waals surface area contributed by atoms with Gasteiger partial charge in [0.05, 0.1) is 38.1 Å². The highest BCUT2D eigenvalue weighted by Crippen LogP contribution is 2.45. The smallest absolute Gasteiger partial charge is 0.437 e. The van der Waals surface area contributed by atoms with Gasteiger partial charge in [0.2, 0.25) is 0 Å². The van der Waals surface area contributed by atoms with E-state index in [2.05, 4.69) is 70.0 Å². The van der Waals surface area contributed by atoms with Crippen molar-refractivity contribution in [3.05, 3.63) is 134 Å². The number of hydrogen-bond acceptors (Lipinski definition) is 32. The van der Waals surface area contributed by atoms with Crippen LogP contribution in [0.15, 0.2) is 72.1 Å². The third kappa shape index (κ3) is 24.4. The van der Waals surface area contributed by atoms with Crippen LogP contribution in [0.2, 0.25) is 0 Å². The molecule has 10 N–H and O–H groups in total. The number of ether oxygens (including phenoxy) is 6. The predicted molar refractivity (Wildman–Crippen MR) is 377 cm³/mol. The summed E-state index contributed by atoms with van der Waals surface area (Å²) >= 11 is 0. The highest BCUT2D eigenvalue weighted by molar-refractivity contribution is 7.51. The third-order valence-electron chi connectivity index (χ3n) is 18.0. The lowest BCUT2D eigenvalue weighted by atomic mass is 10.2. The lowest BCUT2D eigenvalue weighted by Gasteiger charge is -2.35. The van der Waals surface area contributed by atoms with Crippen LogP contribution in [0.5, 0.6) is 0 Å². The molecular formula is C65H89N16O26P2-. The molecule has 5 unspecified atom stereocenters. The molecule has 0 aliphatic carbocycles. The first-order valence-corrected chi connectivity index (χ1v) is 37.1. The maximum Gasteiger partial charge on any atom is 0.437 e. The fourth-order valence-corrected chi connectivity index (χ4v) is 13.1. The second kappa shape index (κ2) is 39.3. The van der Waals surface area contributed by atoms with Gasteiger partial charge in [-0.25, -0.2) is 33.3 Å². The molecule has 6 aliphatic heterocycles. The third-order valence-corrected chi connectivity index (χ3v) is 20.0. The van der Waals surface area contributed by atoms with Crippen molar-refractivity contribution in [2.24, 2.45) is 0 Å². The number of rotatable bonds is 17. The van der Waals surface area contributed by atoms with Gasteiger partial charge in [0.1, 0.15) is 83.5 Å². The lowest BCUT2D eigenvalue weighted by molar-refractivity contribution is -0.223. The minimum Gasteiger partial charge on any atom is -0.756 e. The number of phosphoric acid groups is 1. The van der Waals surface area contributed by atoms with Crippen LogP contribution in [0.3, 0.4) is 0 Å². The molecule has 11 heterocycles. The molecule has 0 saturated carbocycles. The first kappa shape index (κ1) is 85.9. The average Bonchev–Trinajstić information content (AvgIpc) is 1.75. The van der Waals surface area contributed by atoms with E-state index >= 15 is 0 Å². The Kier molecular flexibility index (Phi) is 30.9. The van der Waals surface area contributed by atoms with Crippen LogP contribution in [0.4, 0.5) is 0 Å². The Morgan fingerprint density at radius 3 is 1.21 bits per heavy atom. The van der Waals surface area contributed by atoms with Crippen molar-refractivity contribution in [1.29, 1.82) is 0 Å². The maximum absolute atomic E-state index is 12.5. The number of aryl methyl sites for hydroxylation is 2. The van der Waals surface area contributed by atoms with Gasteiger partial charge in [-0.1, -0.05) is 35.5 Å². The standard InChI is InChI=1S/C23H31N6O9P.C19H27N4O10P.C19H26N4O7.C4H6N2/c1-15-24-6-7-29(15)39(34,35)37-14-19-18(30)11-20(38-19)28-12-16(21(31)25-23(28)33)5-4-10-36-22(32)17-13-26(2)8-9-27(17)3;1-21-5-6-22(2)13(10-21)18(26)31-7-3-4-12-9-23(19(27)20-17(12)25)16-8-14(24)15(33-16)11-32-34(28,29)30;1-21-5-6-22(2)13(10-21)18(27)29-7-3-4-12-9-23(19(28)20-17(12)26)16-8-14(25)15(11-24)30-16;1-4-5-2-3-6-4/h6-7,12,17-20,30H,8-11,13-14H2,1-3H3,(H,34,35)(H,25,31,33);9,13-16,24H,5-8,10-11H2,1-2H3,(H,20,25,27)(H2,28,29,30);9,13-16,24-25H,5-8,10-11H2,1-2H3,(H,20,26,28);2-3H,1H3,(H,5,6)/p-1/t17?,18-,19-,20-;2*13?,14-,15-,16-;/m111./s1. The molecule has 6 aliphatic rings. The molecule has 109 heavy (non-hydrogen) atoms. The minimum atomic E-state index is -5.02. The number of piperazine rings is 3. The van der Waals surface area contributed by atoms with E-state index in [1.54, 1.807) is 12.4 Å². The predicted octanol–water partition coefficient (Wildman–Crippen LogP) is -6.67. The second-order valence-corrected chi connectivity index (χ2v) is 29.0. The molecule has 14 atom stereocenters. The number of carbonyl (C=O) groups excluding carboxylic acids is 3. The molecule has 11 rings (SSSR count). The maximum atomic E-state index is 12.5. The number of aromatic nitrogens is 10. The summed E-state index contributed by atoms with van der Waals surface area (Å²) in [6.07, 6.45) is 0.570. The SMILES string of the molecule is CN1CCN(C)C(C(=O)OCC#Cc2cn([C@H]3C[C@@H](O)[C@@H](CO)O3)c(=O)[nH]c2=O)C1.CN1CCN(C)C(C(=O)OCC#Cc2cn([C@H]3C[C@@H](O)[C@@H](COP(=O)([O-])O)O3)c(=O)[nH]c2=O)C1.Cc1ncc[nH]1.Cc1nccn1P(=O)(O)OC[C@H]1O[C@@H](n2cc(C#CCOC(=O)C3CN(C)CCN3C)c(=O)[nH]c2=O)C[C@H]1O. The zero-order chi connectivity index (χ0) is 79.6. The first-order chi connectivity index (χ1) is 51.6. The van der Waals surface area contributed by atoms with Crippen molar-refractivity contribution in [3.8, 4) is 35.5 Å². The number of H-pyrrole nitrogens is 4. The van der Waals surface area contributed by atoms with E-state index in [9.17, 15) is 82.5 Å². The van der Waals surface area contributed by atoms with E-state index in [4.69, 9.17) is 37.8 Å². The molecule has 0 spiro atoms. The number of nitrogens with zero attached hydrogens (tertiary/aromatic N) is 12. The summed E-state index contributed by atoms with van der Waals surface area (Å²) in [6.45, 7) is 7.65. The monoisotopic (exact) mass is 1570 g/mol. The summed E-state index contributed by atoms with van der Waals surface area (Å²) in [5, 5.41) is 39.5. The van der Waals surface area contributed by atoms with Gasteiger partial charge in [0.25, 0.3) is 24.5 Å². The van der Waals surface area contributed by atoms with Crippen molar-refractivity contribution in [2.45, 2.75) is 107 Å². The molecule has 596 valence electrons. The molecule has 0 amide bonds. The Bertz CT molecular complexity index is 4640. The lowest BCUT2D eigenvalue weighted by Crippen LogP contribution is -2.54. The van der Waals surface area contributed by atoms with Crippen LogP contribution < -0.4 is 38.6 Å². The van der Waals surface area contributed by atoms with Gasteiger partial charge < -0.3 is 87.7 Å². The van der Waals surface area contributed by atoms with Crippen LogP contribution in [-0.4, -0.2) is 321 Å². The van der Waals surface area contributed by atoms with Gasteiger partial charge in [-0.2, -0.15) is 0 Å². The summed E-state index contributed by atoms with van der Waals surface area (Å²) in [6, 6.07) is -1.21. The van der Waals surface area contributed by atoms with Gasteiger partial charge in [-0.3, -0.25) is 81.2 Å². The van der Waals surface area contributed by atoms with Crippen LogP contribution >= 0.6 is 15.6 Å². The van der Waals surface area contributed by atoms with Crippen LogP contribution in [0.1, 0.15) is 66.3 Å². The van der Waals surface area contributed by atoms with E-state index in [0.717, 1.165) is 69.3 Å². The fraction of sp³-hybridized carbons (Fsp3) is 0.585. The average molecular weight is 1570 g/mol. The van der Waals surface area contributed by atoms with Crippen molar-refractivity contribution >= 4 is 33.5 Å². The van der Waals surface area contributed by atoms with Crippen molar-refractivity contribution in [1.82, 2.24) is 77.3 Å². The van der Waals surface area contributed by atoms with Crippen molar-refractivity contribution in [2.75, 3.05) is 141 Å². The molecule has 42 nitrogen and oxygen atoms in total. The molecule has 44 heteroatoms. The number of esters is 3. The van der Waals surface area contributed by atoms with E-state index in [1.165, 1.54) is 31.7 Å². The highest BCUT2D eigenvalue weighted by atomic mass is 31.2. The van der Waals surface area contributed by atoms with E-state index in [1.807, 2.05) is 78.6 Å². The Morgan fingerprint density at radius 1 is 0.550 bits per heavy atom. The summed E-state index contributed by atoms with van der Waals surface area (Å²) in [7, 11) is 2.00. The Labute approximate surface area is 621 Å². The Hall–Kier alpha value is -8.71. The van der Waals surface area contributed by atoms with E-state index in [-0.39, 0.29) is 80.2 Å². The van der Waals surface area contributed by atoms with Gasteiger partial charge in [-0.05, 0) is 56.1 Å². The Morgan fingerprint density at radius 2 is 0.908 bits per heavy atom. The molecule has 6 saturated heterocycles. The summed E-state index contributed by atoms with van der Waals surface area (Å²) < 4.78 is 69.0. The van der Waals surface area contributed by atoms with E-state index < -0.39 is 142 Å². The van der Waals surface area contributed by atoms with Gasteiger partial charge >= 0.3 is 42.7 Å². The number of aliphatic hydroxyl groups is 4. The number of likely N-dealkylation sites (N-methyl/N-ethyl adjacent to an activating group) is 6. The number of imidazole rings is 2. The topological polar surface area (TPSA) is 534 Å². The van der Waals surface area contributed by atoms with Crippen LogP contribution in [0, 0.1) is 49.4 Å². The zero-order valence-corrected chi connectivity index (χ0v) is 62.6. The quantitative estimate of drug-likeness (QED) is 0.0179. The largest absolute Gasteiger partial charge is 0.756 e. The molecular weight excluding hydrogens is 1480 g/mol. The zero-order valence-electron chi connectivity index (χ0n) is 60.8. The first-order valence-electron chi connectivity index (χ1n) is 34.0. The second-order valence-electron chi connectivity index (χ2n) is 26.2. The molecule has 0 radical (unpaired) electrons. The molecule has 5 aromatic rings. The van der Waals surface area contributed by atoms with Crippen LogP contribution in [0.25, 0.3) is 0 Å². The normalized spacial score (nSPS) is 25.8. The number of hydrogen-bond donors (Lipinski definition) is 10. The molecule has 0 bridgehead atoms. The van der Waals surface area contributed by atoms with Gasteiger partial charge in [0.15, 0.2) is 19.8 Å². The minimum absolute atomic E-state index is 0.00861. The van der Waals surface area contributed by atoms with Gasteiger partial charge in [-0.15, -0.1) is 0 Å². The Balaban J connectivity index is 0.000000199. The fourth-order valence-electron chi connectivity index (χ4n) is 11.7. The summed E-state index contributed by atoms with van der Waals surface area (Å²) in [5.41, 5.74) is -4.71. The number of nitrogens with one attached hydrogen (secondary N) is 4. The van der Waals surface area contributed by atoms with Crippen LogP contribution in [-0.2, 0) is 61.0 Å². The number of carbonyl (C=O) groups is 3. The number of aliphatic hydroxyl groups excluding tert-OH is 4. The summed E-state index contributed by atoms with van der Waals surface area (Å²) in [5.74, 6) is 15.5. The van der Waals surface area contributed by atoms with E-state index in [0.29, 0.717) is 19.6 Å².